The van der Waals surface area contributed by atoms with Crippen LogP contribution in [0.3, 0.4) is 0 Å². The number of ether oxygens (including phenoxy) is 3. The molecule has 2 atom stereocenters. The molecule has 2 aromatic heterocycles. The number of aliphatic carboxylic acids is 1. The van der Waals surface area contributed by atoms with Crippen molar-refractivity contribution in [1.82, 2.24) is 9.38 Å². The van der Waals surface area contributed by atoms with Crippen molar-refractivity contribution in [3.8, 4) is 28.1 Å². The Kier molecular flexibility index (Phi) is 8.28. The Morgan fingerprint density at radius 1 is 1.07 bits per heavy atom. The van der Waals surface area contributed by atoms with E-state index in [1.807, 2.05) is 35.7 Å². The molecule has 238 valence electrons. The third kappa shape index (κ3) is 5.87. The molecule has 0 radical (unpaired) electrons. The third-order valence-corrected chi connectivity index (χ3v) is 8.96. The Morgan fingerprint density at radius 3 is 2.51 bits per heavy atom. The number of aliphatic hydroxyl groups is 1. The normalized spacial score (nSPS) is 21.4. The van der Waals surface area contributed by atoms with Crippen LogP contribution >= 0.6 is 0 Å². The lowest BCUT2D eigenvalue weighted by Crippen LogP contribution is -2.46. The summed E-state index contributed by atoms with van der Waals surface area (Å²) in [7, 11) is 0. The Bertz CT molecular complexity index is 1760. The van der Waals surface area contributed by atoms with E-state index in [1.54, 1.807) is 19.9 Å². The van der Waals surface area contributed by atoms with Gasteiger partial charge in [0.1, 0.15) is 23.3 Å². The fourth-order valence-corrected chi connectivity index (χ4v) is 6.27. The van der Waals surface area contributed by atoms with E-state index in [0.29, 0.717) is 84.1 Å². The lowest BCUT2D eigenvalue weighted by Gasteiger charge is -2.41. The topological polar surface area (TPSA) is 106 Å². The molecule has 3 aliphatic heterocycles. The molecular weight excluding hydrogens is 584 g/mol. The average molecular weight is 622 g/mol. The summed E-state index contributed by atoms with van der Waals surface area (Å²) in [5, 5.41) is 20.8. The summed E-state index contributed by atoms with van der Waals surface area (Å²) in [5.74, 6) is -2.60. The van der Waals surface area contributed by atoms with Crippen molar-refractivity contribution in [2.45, 2.75) is 58.3 Å². The number of imidazole rings is 1. The largest absolute Gasteiger partial charge is 0.488 e. The van der Waals surface area contributed by atoms with Crippen molar-refractivity contribution in [2.24, 2.45) is 0 Å². The number of carbonyl (C=O) groups is 1. The summed E-state index contributed by atoms with van der Waals surface area (Å²) < 4.78 is 48.9. The third-order valence-electron chi connectivity index (χ3n) is 8.96. The fourth-order valence-electron chi connectivity index (χ4n) is 6.27. The van der Waals surface area contributed by atoms with Crippen LogP contribution in [0.1, 0.15) is 49.5 Å². The van der Waals surface area contributed by atoms with E-state index < -0.39 is 35.4 Å². The molecule has 0 amide bonds. The van der Waals surface area contributed by atoms with Crippen molar-refractivity contribution in [3.05, 3.63) is 70.9 Å². The van der Waals surface area contributed by atoms with E-state index in [9.17, 15) is 23.8 Å². The van der Waals surface area contributed by atoms with E-state index in [4.69, 9.17) is 19.2 Å². The maximum atomic E-state index is 14.6. The maximum Gasteiger partial charge on any atom is 0.337 e. The Hall–Kier alpha value is -4.06. The number of piperidine rings is 1. The lowest BCUT2D eigenvalue weighted by atomic mass is 9.92. The Balaban J connectivity index is 1.55. The molecule has 6 bridgehead atoms. The van der Waals surface area contributed by atoms with Gasteiger partial charge >= 0.3 is 5.97 Å². The summed E-state index contributed by atoms with van der Waals surface area (Å²) in [6, 6.07) is 9.47. The zero-order valence-corrected chi connectivity index (χ0v) is 25.8. The molecule has 1 saturated heterocycles. The van der Waals surface area contributed by atoms with E-state index in [1.165, 1.54) is 0 Å². The standard InChI is InChI=1S/C34H37F2N3O6/c1-19-18-43-12-13-44-34(4)8-10-38(11-9-34)32-29(30(40)33(41)42)20(2)21(3)31-37-27(17-39(31)32)23-7-5-6-22(14-23)24-15-25(35)26(36)16-28(24)45-19/h5-7,14-17,19,30,40H,8-13,18H2,1-4H3,(H,41,42)/t19-,30-/m0/s1. The first-order valence-electron chi connectivity index (χ1n) is 15.1. The van der Waals surface area contributed by atoms with Gasteiger partial charge in [-0.2, -0.15) is 0 Å². The van der Waals surface area contributed by atoms with Gasteiger partial charge in [0.15, 0.2) is 17.7 Å². The van der Waals surface area contributed by atoms with Gasteiger partial charge in [-0.1, -0.05) is 18.2 Å². The lowest BCUT2D eigenvalue weighted by molar-refractivity contribution is -0.147. The predicted octanol–water partition coefficient (Wildman–Crippen LogP) is 5.85. The van der Waals surface area contributed by atoms with Crippen LogP contribution in [-0.2, 0) is 14.3 Å². The van der Waals surface area contributed by atoms with E-state index in [2.05, 4.69) is 11.8 Å². The number of nitrogens with zero attached hydrogens (tertiary/aromatic N) is 3. The van der Waals surface area contributed by atoms with Crippen LogP contribution in [0.2, 0.25) is 0 Å². The number of pyridine rings is 1. The predicted molar refractivity (Wildman–Crippen MR) is 165 cm³/mol. The Labute approximate surface area is 260 Å². The minimum absolute atomic E-state index is 0.182. The number of hydrogen-bond donors (Lipinski definition) is 2. The maximum absolute atomic E-state index is 14.6. The second kappa shape index (κ2) is 12.0. The van der Waals surface area contributed by atoms with Gasteiger partial charge in [-0.15, -0.1) is 0 Å². The van der Waals surface area contributed by atoms with Crippen molar-refractivity contribution in [3.63, 3.8) is 0 Å². The van der Waals surface area contributed by atoms with E-state index in [0.717, 1.165) is 17.7 Å². The zero-order valence-electron chi connectivity index (χ0n) is 25.8. The number of aromatic nitrogens is 2. The molecular formula is C34H37F2N3O6. The zero-order chi connectivity index (χ0) is 32.0. The van der Waals surface area contributed by atoms with Crippen molar-refractivity contribution in [1.29, 1.82) is 0 Å². The highest BCUT2D eigenvalue weighted by Crippen LogP contribution is 2.40. The van der Waals surface area contributed by atoms with Gasteiger partial charge in [0.2, 0.25) is 0 Å². The molecule has 0 spiro atoms. The molecule has 9 nitrogen and oxygen atoms in total. The van der Waals surface area contributed by atoms with Crippen LogP contribution in [0, 0.1) is 25.5 Å². The molecule has 4 aromatic rings. The number of aliphatic hydroxyl groups excluding tert-OH is 1. The van der Waals surface area contributed by atoms with E-state index >= 15 is 0 Å². The van der Waals surface area contributed by atoms with Crippen LogP contribution in [0.15, 0.2) is 42.6 Å². The van der Waals surface area contributed by atoms with Gasteiger partial charge in [0, 0.05) is 42.0 Å². The molecule has 45 heavy (non-hydrogen) atoms. The summed E-state index contributed by atoms with van der Waals surface area (Å²) in [6.07, 6.45) is 0.996. The molecule has 7 rings (SSSR count). The first-order valence-corrected chi connectivity index (χ1v) is 15.1. The van der Waals surface area contributed by atoms with Gasteiger partial charge < -0.3 is 29.3 Å². The van der Waals surface area contributed by atoms with Crippen molar-refractivity contribution >= 4 is 17.4 Å². The molecule has 0 aliphatic carbocycles. The molecule has 2 aromatic carbocycles. The number of halogens is 2. The molecule has 0 unspecified atom stereocenters. The second-order valence-corrected chi connectivity index (χ2v) is 12.2. The van der Waals surface area contributed by atoms with Gasteiger partial charge in [0.25, 0.3) is 0 Å². The number of carboxylic acids is 1. The summed E-state index contributed by atoms with van der Waals surface area (Å²) in [6.45, 7) is 9.56. The smallest absolute Gasteiger partial charge is 0.337 e. The summed E-state index contributed by atoms with van der Waals surface area (Å²) >= 11 is 0. The number of rotatable bonds is 2. The van der Waals surface area contributed by atoms with Crippen LogP contribution in [-0.4, -0.2) is 70.2 Å². The highest BCUT2D eigenvalue weighted by molar-refractivity contribution is 5.81. The van der Waals surface area contributed by atoms with Gasteiger partial charge in [-0.3, -0.25) is 4.40 Å². The van der Waals surface area contributed by atoms with Crippen LogP contribution in [0.5, 0.6) is 5.75 Å². The molecule has 0 saturated carbocycles. The first-order chi connectivity index (χ1) is 21.5. The van der Waals surface area contributed by atoms with Gasteiger partial charge in [-0.25, -0.2) is 18.6 Å². The van der Waals surface area contributed by atoms with Crippen LogP contribution in [0.4, 0.5) is 14.6 Å². The molecule has 11 heteroatoms. The van der Waals surface area contributed by atoms with E-state index in [-0.39, 0.29) is 12.4 Å². The number of anilines is 1. The summed E-state index contributed by atoms with van der Waals surface area (Å²) in [4.78, 5) is 19.2. The number of carboxylic acid groups (broad SMARTS) is 1. The number of aryl methyl sites for hydroxylation is 1. The van der Waals surface area contributed by atoms with Crippen molar-refractivity contribution < 1.29 is 38.0 Å². The minimum Gasteiger partial charge on any atom is -0.488 e. The minimum atomic E-state index is -1.74. The highest BCUT2D eigenvalue weighted by Gasteiger charge is 2.35. The molecule has 2 N–H and O–H groups in total. The SMILES string of the molecule is Cc1c([C@H](O)C(=O)O)c2n3cc(nc3c1C)-c1cccc(c1)-c1cc(F)c(F)cc1O[C@@H](C)COCCOC1(C)CCN2CC1. The number of hydrogen-bond acceptors (Lipinski definition) is 7. The number of benzene rings is 2. The average Bonchev–Trinajstić information content (AvgIpc) is 3.46. The Morgan fingerprint density at radius 2 is 1.78 bits per heavy atom. The molecule has 3 aliphatic rings. The molecule has 5 heterocycles. The first kappa shape index (κ1) is 30.9. The van der Waals surface area contributed by atoms with Gasteiger partial charge in [0.05, 0.1) is 31.1 Å². The monoisotopic (exact) mass is 621 g/mol. The quantitative estimate of drug-likeness (QED) is 0.269. The van der Waals surface area contributed by atoms with Gasteiger partial charge in [-0.05, 0) is 69.4 Å². The number of fused-ring (bicyclic) bond motifs is 8. The van der Waals surface area contributed by atoms with Crippen LogP contribution in [0.25, 0.3) is 28.0 Å². The van der Waals surface area contributed by atoms with Crippen molar-refractivity contribution in [2.75, 3.05) is 37.8 Å². The highest BCUT2D eigenvalue weighted by atomic mass is 19.2. The fraction of sp³-hybridized carbons (Fsp3) is 0.412. The summed E-state index contributed by atoms with van der Waals surface area (Å²) in [5.41, 5.74) is 4.19. The molecule has 1 fully saturated rings. The van der Waals surface area contributed by atoms with Crippen LogP contribution < -0.4 is 9.64 Å². The second-order valence-electron chi connectivity index (χ2n) is 12.2.